The number of carbonyl (C=O) groups is 1. The van der Waals surface area contributed by atoms with Gasteiger partial charge in [-0.05, 0) is 38.1 Å². The summed E-state index contributed by atoms with van der Waals surface area (Å²) in [5.41, 5.74) is 0.352. The molecule has 1 saturated heterocycles. The van der Waals surface area contributed by atoms with Crippen LogP contribution in [0.4, 0.5) is 4.39 Å². The highest BCUT2D eigenvalue weighted by Crippen LogP contribution is 2.26. The standard InChI is InChI=1S/C17H18FNO3/c1-11-9-19(10-12(2)21-11)17(20)16-8-7-15(22-16)13-5-3-4-6-14(13)18/h3-8,11-12H,9-10H2,1-2H3. The van der Waals surface area contributed by atoms with Crippen LogP contribution in [0, 0.1) is 5.82 Å². The zero-order valence-corrected chi connectivity index (χ0v) is 12.6. The maximum absolute atomic E-state index is 13.8. The molecule has 1 aliphatic rings. The van der Waals surface area contributed by atoms with E-state index in [9.17, 15) is 9.18 Å². The largest absolute Gasteiger partial charge is 0.451 e. The van der Waals surface area contributed by atoms with Crippen molar-refractivity contribution < 1.29 is 18.3 Å². The molecule has 0 bridgehead atoms. The highest BCUT2D eigenvalue weighted by molar-refractivity contribution is 5.92. The van der Waals surface area contributed by atoms with Gasteiger partial charge in [-0.3, -0.25) is 4.79 Å². The van der Waals surface area contributed by atoms with Crippen molar-refractivity contribution >= 4 is 5.91 Å². The van der Waals surface area contributed by atoms with Gasteiger partial charge in [0.25, 0.3) is 5.91 Å². The summed E-state index contributed by atoms with van der Waals surface area (Å²) in [7, 11) is 0. The van der Waals surface area contributed by atoms with Crippen LogP contribution in [0.15, 0.2) is 40.8 Å². The highest BCUT2D eigenvalue weighted by Gasteiger charge is 2.28. The molecule has 0 spiro atoms. The number of morpholine rings is 1. The van der Waals surface area contributed by atoms with Crippen LogP contribution in [0.25, 0.3) is 11.3 Å². The first-order chi connectivity index (χ1) is 10.5. The molecule has 22 heavy (non-hydrogen) atoms. The van der Waals surface area contributed by atoms with Gasteiger partial charge >= 0.3 is 0 Å². The summed E-state index contributed by atoms with van der Waals surface area (Å²) >= 11 is 0. The summed E-state index contributed by atoms with van der Waals surface area (Å²) in [6, 6.07) is 9.55. The quantitative estimate of drug-likeness (QED) is 0.854. The van der Waals surface area contributed by atoms with Gasteiger partial charge in [0.15, 0.2) is 5.76 Å². The fourth-order valence-electron chi connectivity index (χ4n) is 2.76. The van der Waals surface area contributed by atoms with E-state index >= 15 is 0 Å². The molecule has 1 fully saturated rings. The maximum atomic E-state index is 13.8. The van der Waals surface area contributed by atoms with Gasteiger partial charge in [0.2, 0.25) is 0 Å². The zero-order valence-electron chi connectivity index (χ0n) is 12.6. The van der Waals surface area contributed by atoms with Gasteiger partial charge in [0, 0.05) is 13.1 Å². The second kappa shape index (κ2) is 5.93. The van der Waals surface area contributed by atoms with Crippen LogP contribution in [-0.2, 0) is 4.74 Å². The minimum absolute atomic E-state index is 0.00583. The van der Waals surface area contributed by atoms with Crippen molar-refractivity contribution in [2.75, 3.05) is 13.1 Å². The lowest BCUT2D eigenvalue weighted by Gasteiger charge is -2.34. The summed E-state index contributed by atoms with van der Waals surface area (Å²) in [6.45, 7) is 4.92. The minimum atomic E-state index is -0.371. The zero-order chi connectivity index (χ0) is 15.7. The Hall–Kier alpha value is -2.14. The second-order valence-electron chi connectivity index (χ2n) is 5.61. The third-order valence-electron chi connectivity index (χ3n) is 3.66. The number of ether oxygens (including phenoxy) is 1. The van der Waals surface area contributed by atoms with E-state index in [4.69, 9.17) is 9.15 Å². The number of nitrogens with zero attached hydrogens (tertiary/aromatic N) is 1. The van der Waals surface area contributed by atoms with Gasteiger partial charge in [0.05, 0.1) is 17.8 Å². The molecule has 2 heterocycles. The van der Waals surface area contributed by atoms with Crippen LogP contribution in [0.1, 0.15) is 24.4 Å². The Labute approximate surface area is 128 Å². The van der Waals surface area contributed by atoms with Gasteiger partial charge in [-0.1, -0.05) is 12.1 Å². The number of carbonyl (C=O) groups excluding carboxylic acids is 1. The van der Waals surface area contributed by atoms with E-state index in [1.165, 1.54) is 6.07 Å². The fraction of sp³-hybridized carbons (Fsp3) is 0.353. The van der Waals surface area contributed by atoms with Gasteiger partial charge < -0.3 is 14.1 Å². The van der Waals surface area contributed by atoms with Crippen LogP contribution in [0.3, 0.4) is 0 Å². The molecule has 2 aromatic rings. The molecular weight excluding hydrogens is 285 g/mol. The third-order valence-corrected chi connectivity index (χ3v) is 3.66. The highest BCUT2D eigenvalue weighted by atomic mass is 19.1. The molecule has 1 aromatic heterocycles. The Morgan fingerprint density at radius 1 is 1.14 bits per heavy atom. The number of amides is 1. The number of benzene rings is 1. The first kappa shape index (κ1) is 14.8. The predicted octanol–water partition coefficient (Wildman–Crippen LogP) is 3.34. The normalized spacial score (nSPS) is 21.9. The number of hydrogen-bond acceptors (Lipinski definition) is 3. The van der Waals surface area contributed by atoms with Crippen LogP contribution in [-0.4, -0.2) is 36.1 Å². The van der Waals surface area contributed by atoms with E-state index in [1.807, 2.05) is 13.8 Å². The second-order valence-corrected chi connectivity index (χ2v) is 5.61. The SMILES string of the molecule is CC1CN(C(=O)c2ccc(-c3ccccc3F)o2)CC(C)O1. The first-order valence-electron chi connectivity index (χ1n) is 7.34. The van der Waals surface area contributed by atoms with E-state index < -0.39 is 0 Å². The smallest absolute Gasteiger partial charge is 0.289 e. The monoisotopic (exact) mass is 303 g/mol. The summed E-state index contributed by atoms with van der Waals surface area (Å²) in [5, 5.41) is 0. The van der Waals surface area contributed by atoms with Crippen LogP contribution >= 0.6 is 0 Å². The molecule has 1 aromatic carbocycles. The van der Waals surface area contributed by atoms with Gasteiger partial charge in [-0.15, -0.1) is 0 Å². The Kier molecular flexibility index (Phi) is 3.98. The Balaban J connectivity index is 1.82. The summed E-state index contributed by atoms with van der Waals surface area (Å²) in [4.78, 5) is 14.2. The van der Waals surface area contributed by atoms with Gasteiger partial charge in [-0.25, -0.2) is 4.39 Å². The molecule has 0 saturated carbocycles. The number of hydrogen-bond donors (Lipinski definition) is 0. The third kappa shape index (κ3) is 2.90. The average Bonchev–Trinajstić information content (AvgIpc) is 2.95. The molecule has 4 nitrogen and oxygen atoms in total. The molecule has 2 unspecified atom stereocenters. The number of furan rings is 1. The van der Waals surface area contributed by atoms with E-state index in [-0.39, 0.29) is 29.7 Å². The molecule has 3 rings (SSSR count). The molecule has 5 heteroatoms. The summed E-state index contributed by atoms with van der Waals surface area (Å²) in [5.74, 6) is 0.0180. The molecule has 2 atom stereocenters. The van der Waals surface area contributed by atoms with E-state index in [0.29, 0.717) is 24.4 Å². The first-order valence-corrected chi connectivity index (χ1v) is 7.34. The topological polar surface area (TPSA) is 42.7 Å². The van der Waals surface area contributed by atoms with Crippen molar-refractivity contribution in [3.63, 3.8) is 0 Å². The Morgan fingerprint density at radius 3 is 2.50 bits per heavy atom. The minimum Gasteiger partial charge on any atom is -0.451 e. The average molecular weight is 303 g/mol. The molecule has 1 amide bonds. The van der Waals surface area contributed by atoms with Crippen molar-refractivity contribution in [2.24, 2.45) is 0 Å². The molecule has 0 aliphatic carbocycles. The fourth-order valence-corrected chi connectivity index (χ4v) is 2.76. The Bertz CT molecular complexity index is 672. The molecule has 0 N–H and O–H groups in total. The molecule has 1 aliphatic heterocycles. The van der Waals surface area contributed by atoms with Crippen LogP contribution in [0.2, 0.25) is 0 Å². The predicted molar refractivity (Wildman–Crippen MR) is 80.0 cm³/mol. The van der Waals surface area contributed by atoms with Gasteiger partial charge in [-0.2, -0.15) is 0 Å². The maximum Gasteiger partial charge on any atom is 0.289 e. The lowest BCUT2D eigenvalue weighted by Crippen LogP contribution is -2.48. The van der Waals surface area contributed by atoms with Crippen molar-refractivity contribution in [2.45, 2.75) is 26.1 Å². The molecular formula is C17H18FNO3. The Morgan fingerprint density at radius 2 is 1.82 bits per heavy atom. The van der Waals surface area contributed by atoms with Crippen LogP contribution in [0.5, 0.6) is 0 Å². The summed E-state index contributed by atoms with van der Waals surface area (Å²) in [6.07, 6.45) is -0.0117. The van der Waals surface area contributed by atoms with Crippen LogP contribution < -0.4 is 0 Å². The van der Waals surface area contributed by atoms with Crippen molar-refractivity contribution in [1.82, 2.24) is 4.90 Å². The number of halogens is 1. The van der Waals surface area contributed by atoms with E-state index in [1.54, 1.807) is 35.2 Å². The molecule has 0 radical (unpaired) electrons. The van der Waals surface area contributed by atoms with Crippen molar-refractivity contribution in [3.8, 4) is 11.3 Å². The van der Waals surface area contributed by atoms with Crippen molar-refractivity contribution in [3.05, 3.63) is 48.0 Å². The van der Waals surface area contributed by atoms with E-state index in [2.05, 4.69) is 0 Å². The van der Waals surface area contributed by atoms with E-state index in [0.717, 1.165) is 0 Å². The van der Waals surface area contributed by atoms with Gasteiger partial charge in [0.1, 0.15) is 11.6 Å². The lowest BCUT2D eigenvalue weighted by molar-refractivity contribution is -0.0592. The number of rotatable bonds is 2. The van der Waals surface area contributed by atoms with Crippen molar-refractivity contribution in [1.29, 1.82) is 0 Å². The summed E-state index contributed by atoms with van der Waals surface area (Å²) < 4.78 is 25.0. The lowest BCUT2D eigenvalue weighted by atomic mass is 10.1. The molecule has 116 valence electrons.